The van der Waals surface area contributed by atoms with Crippen molar-refractivity contribution < 1.29 is 13.2 Å². The molecule has 0 aliphatic rings. The summed E-state index contributed by atoms with van der Waals surface area (Å²) in [6, 6.07) is 16.2. The van der Waals surface area contributed by atoms with Gasteiger partial charge in [0.05, 0.1) is 18.1 Å². The Labute approximate surface area is 142 Å². The highest BCUT2D eigenvalue weighted by Crippen LogP contribution is 2.09. The molecule has 0 aliphatic carbocycles. The molecule has 2 rings (SSSR count). The second-order valence-corrected chi connectivity index (χ2v) is 6.94. The minimum Gasteiger partial charge on any atom is -0.375 e. The SMILES string of the molecule is Cc1ccc(S(=O)(=O)NC(=N)NCCOCc2ccccc2)cc1. The molecule has 6 nitrogen and oxygen atoms in total. The maximum atomic E-state index is 12.1. The van der Waals surface area contributed by atoms with Crippen LogP contribution < -0.4 is 10.0 Å². The molecule has 3 N–H and O–H groups in total. The van der Waals surface area contributed by atoms with Crippen LogP contribution in [0.2, 0.25) is 0 Å². The molecule has 0 saturated carbocycles. The van der Waals surface area contributed by atoms with Crippen molar-refractivity contribution in [1.82, 2.24) is 10.0 Å². The molecule has 0 aromatic heterocycles. The standard InChI is InChI=1S/C17H21N3O3S/c1-14-7-9-16(10-8-14)24(21,22)20-17(18)19-11-12-23-13-15-5-3-2-4-6-15/h2-10H,11-13H2,1H3,(H3,18,19,20). The van der Waals surface area contributed by atoms with Crippen LogP contribution in [-0.4, -0.2) is 27.5 Å². The molecule has 0 aliphatic heterocycles. The lowest BCUT2D eigenvalue weighted by Gasteiger charge is -2.11. The first-order chi connectivity index (χ1) is 11.5. The largest absolute Gasteiger partial charge is 0.375 e. The third-order valence-electron chi connectivity index (χ3n) is 3.23. The predicted octanol–water partition coefficient (Wildman–Crippen LogP) is 2.01. The lowest BCUT2D eigenvalue weighted by Crippen LogP contribution is -2.41. The highest BCUT2D eigenvalue weighted by Gasteiger charge is 2.14. The first-order valence-electron chi connectivity index (χ1n) is 7.51. The third kappa shape index (κ3) is 5.68. The van der Waals surface area contributed by atoms with Gasteiger partial charge in [-0.15, -0.1) is 0 Å². The van der Waals surface area contributed by atoms with Gasteiger partial charge < -0.3 is 10.1 Å². The minimum atomic E-state index is -3.74. The summed E-state index contributed by atoms with van der Waals surface area (Å²) in [5.41, 5.74) is 2.03. The number of rotatable bonds is 7. The zero-order valence-electron chi connectivity index (χ0n) is 13.5. The zero-order chi connectivity index (χ0) is 17.4. The highest BCUT2D eigenvalue weighted by molar-refractivity contribution is 7.90. The second-order valence-electron chi connectivity index (χ2n) is 5.26. The number of guanidine groups is 1. The van der Waals surface area contributed by atoms with E-state index in [0.717, 1.165) is 11.1 Å². The molecule has 0 radical (unpaired) electrons. The van der Waals surface area contributed by atoms with Crippen LogP contribution in [0.15, 0.2) is 59.5 Å². The zero-order valence-corrected chi connectivity index (χ0v) is 14.3. The van der Waals surface area contributed by atoms with Gasteiger partial charge in [0.25, 0.3) is 10.0 Å². The number of aryl methyl sites for hydroxylation is 1. The molecular formula is C17H21N3O3S. The van der Waals surface area contributed by atoms with Gasteiger partial charge in [-0.25, -0.2) is 13.1 Å². The summed E-state index contributed by atoms with van der Waals surface area (Å²) < 4.78 is 31.9. The smallest absolute Gasteiger partial charge is 0.264 e. The van der Waals surface area contributed by atoms with Crippen LogP contribution in [0.25, 0.3) is 0 Å². The van der Waals surface area contributed by atoms with Gasteiger partial charge in [0.1, 0.15) is 0 Å². The maximum Gasteiger partial charge on any atom is 0.264 e. The molecule has 0 unspecified atom stereocenters. The van der Waals surface area contributed by atoms with E-state index >= 15 is 0 Å². The van der Waals surface area contributed by atoms with Crippen molar-refractivity contribution in [3.8, 4) is 0 Å². The summed E-state index contributed by atoms with van der Waals surface area (Å²) in [6.45, 7) is 3.05. The summed E-state index contributed by atoms with van der Waals surface area (Å²) in [7, 11) is -3.74. The van der Waals surface area contributed by atoms with E-state index in [4.69, 9.17) is 10.1 Å². The van der Waals surface area contributed by atoms with Gasteiger partial charge in [0.15, 0.2) is 0 Å². The molecule has 0 amide bonds. The molecule has 24 heavy (non-hydrogen) atoms. The van der Waals surface area contributed by atoms with Crippen LogP contribution in [-0.2, 0) is 21.4 Å². The van der Waals surface area contributed by atoms with E-state index in [1.54, 1.807) is 12.1 Å². The Morgan fingerprint density at radius 1 is 1.08 bits per heavy atom. The molecule has 2 aromatic rings. The second kappa shape index (κ2) is 8.47. The minimum absolute atomic E-state index is 0.125. The van der Waals surface area contributed by atoms with Crippen LogP contribution in [0.3, 0.4) is 0 Å². The Bertz CT molecular complexity index is 759. The lowest BCUT2D eigenvalue weighted by molar-refractivity contribution is 0.125. The first kappa shape index (κ1) is 18.0. The van der Waals surface area contributed by atoms with Crippen LogP contribution in [0.1, 0.15) is 11.1 Å². The average Bonchev–Trinajstić information content (AvgIpc) is 2.55. The van der Waals surface area contributed by atoms with E-state index in [1.165, 1.54) is 12.1 Å². The number of hydrogen-bond donors (Lipinski definition) is 3. The molecule has 7 heteroatoms. The van der Waals surface area contributed by atoms with E-state index in [-0.39, 0.29) is 10.9 Å². The fraction of sp³-hybridized carbons (Fsp3) is 0.235. The van der Waals surface area contributed by atoms with E-state index in [0.29, 0.717) is 19.8 Å². The van der Waals surface area contributed by atoms with Crippen LogP contribution in [0.4, 0.5) is 0 Å². The van der Waals surface area contributed by atoms with Crippen molar-refractivity contribution in [2.75, 3.05) is 13.2 Å². The van der Waals surface area contributed by atoms with Crippen LogP contribution >= 0.6 is 0 Å². The number of ether oxygens (including phenoxy) is 1. The third-order valence-corrected chi connectivity index (χ3v) is 4.59. The fourth-order valence-corrected chi connectivity index (χ4v) is 2.91. The molecule has 0 heterocycles. The maximum absolute atomic E-state index is 12.1. The Hall–Kier alpha value is -2.38. The first-order valence-corrected chi connectivity index (χ1v) is 8.99. The van der Waals surface area contributed by atoms with E-state index in [9.17, 15) is 8.42 Å². The molecule has 128 valence electrons. The predicted molar refractivity (Wildman–Crippen MR) is 93.3 cm³/mol. The van der Waals surface area contributed by atoms with Crippen molar-refractivity contribution in [3.63, 3.8) is 0 Å². The van der Waals surface area contributed by atoms with Crippen molar-refractivity contribution in [2.45, 2.75) is 18.4 Å². The fourth-order valence-electron chi connectivity index (χ4n) is 1.96. The summed E-state index contributed by atoms with van der Waals surface area (Å²) in [4.78, 5) is 0.125. The van der Waals surface area contributed by atoms with Gasteiger partial charge in [-0.1, -0.05) is 48.0 Å². The Balaban J connectivity index is 1.72. The van der Waals surface area contributed by atoms with Gasteiger partial charge in [0, 0.05) is 6.54 Å². The summed E-state index contributed by atoms with van der Waals surface area (Å²) in [6.07, 6.45) is 0. The molecule has 2 aromatic carbocycles. The van der Waals surface area contributed by atoms with Crippen molar-refractivity contribution in [1.29, 1.82) is 5.41 Å². The van der Waals surface area contributed by atoms with Crippen molar-refractivity contribution in [2.24, 2.45) is 0 Å². The van der Waals surface area contributed by atoms with Crippen LogP contribution in [0, 0.1) is 12.3 Å². The van der Waals surface area contributed by atoms with Gasteiger partial charge in [-0.3, -0.25) is 5.41 Å². The molecule has 0 spiro atoms. The van der Waals surface area contributed by atoms with Gasteiger partial charge in [-0.2, -0.15) is 0 Å². The Kier molecular flexibility index (Phi) is 6.34. The topological polar surface area (TPSA) is 91.3 Å². The summed E-state index contributed by atoms with van der Waals surface area (Å²) >= 11 is 0. The Morgan fingerprint density at radius 2 is 1.75 bits per heavy atom. The normalized spacial score (nSPS) is 11.0. The lowest BCUT2D eigenvalue weighted by atomic mass is 10.2. The van der Waals surface area contributed by atoms with E-state index < -0.39 is 10.0 Å². The molecule has 0 atom stereocenters. The van der Waals surface area contributed by atoms with E-state index in [2.05, 4.69) is 10.0 Å². The summed E-state index contributed by atoms with van der Waals surface area (Å²) in [5, 5.41) is 10.4. The van der Waals surface area contributed by atoms with E-state index in [1.807, 2.05) is 37.3 Å². The monoisotopic (exact) mass is 347 g/mol. The highest BCUT2D eigenvalue weighted by atomic mass is 32.2. The van der Waals surface area contributed by atoms with Gasteiger partial charge in [0.2, 0.25) is 5.96 Å². The molecule has 0 saturated heterocycles. The summed E-state index contributed by atoms with van der Waals surface area (Å²) in [5.74, 6) is -0.279. The average molecular weight is 347 g/mol. The van der Waals surface area contributed by atoms with Gasteiger partial charge in [-0.05, 0) is 24.6 Å². The molecular weight excluding hydrogens is 326 g/mol. The molecule has 0 bridgehead atoms. The van der Waals surface area contributed by atoms with Gasteiger partial charge >= 0.3 is 0 Å². The molecule has 0 fully saturated rings. The number of nitrogens with one attached hydrogen (secondary N) is 3. The number of sulfonamides is 1. The van der Waals surface area contributed by atoms with Crippen LogP contribution in [0.5, 0.6) is 0 Å². The van der Waals surface area contributed by atoms with Crippen molar-refractivity contribution >= 4 is 16.0 Å². The number of hydrogen-bond acceptors (Lipinski definition) is 4. The Morgan fingerprint density at radius 3 is 2.42 bits per heavy atom. The van der Waals surface area contributed by atoms with Crippen molar-refractivity contribution in [3.05, 3.63) is 65.7 Å². The quantitative estimate of drug-likeness (QED) is 0.406. The number of benzene rings is 2.